The topological polar surface area (TPSA) is 56.0 Å². The van der Waals surface area contributed by atoms with Crippen LogP contribution in [0.4, 0.5) is 0 Å². The van der Waals surface area contributed by atoms with E-state index in [4.69, 9.17) is 0 Å². The number of nitrogens with zero attached hydrogens (tertiary/aromatic N) is 5. The summed E-state index contributed by atoms with van der Waals surface area (Å²) in [5.41, 5.74) is 3.45. The number of likely N-dealkylation sites (tertiary alicyclic amines) is 1. The van der Waals surface area contributed by atoms with Crippen molar-refractivity contribution in [1.82, 2.24) is 24.2 Å². The van der Waals surface area contributed by atoms with Gasteiger partial charge in [-0.15, -0.1) is 0 Å². The second-order valence-electron chi connectivity index (χ2n) is 8.33. The molecule has 6 nitrogen and oxygen atoms in total. The highest BCUT2D eigenvalue weighted by molar-refractivity contribution is 5.76. The number of amides is 1. The van der Waals surface area contributed by atoms with Crippen LogP contribution in [-0.2, 0) is 17.9 Å². The molecule has 2 aromatic rings. The van der Waals surface area contributed by atoms with Crippen LogP contribution in [0.5, 0.6) is 0 Å². The van der Waals surface area contributed by atoms with Crippen LogP contribution in [-0.4, -0.2) is 43.2 Å². The van der Waals surface area contributed by atoms with Crippen molar-refractivity contribution in [2.45, 2.75) is 71.9 Å². The van der Waals surface area contributed by atoms with E-state index in [-0.39, 0.29) is 5.91 Å². The van der Waals surface area contributed by atoms with E-state index in [1.807, 2.05) is 22.7 Å². The zero-order valence-corrected chi connectivity index (χ0v) is 16.8. The van der Waals surface area contributed by atoms with Gasteiger partial charge >= 0.3 is 0 Å². The molecule has 3 heterocycles. The molecule has 2 aliphatic rings. The molecule has 0 radical (unpaired) electrons. The average molecular weight is 370 g/mol. The first-order chi connectivity index (χ1) is 13.0. The van der Waals surface area contributed by atoms with Crippen molar-refractivity contribution in [1.29, 1.82) is 0 Å². The average Bonchev–Trinajstić information content (AvgIpc) is 3.31. The molecular weight excluding hydrogens is 338 g/mol. The molecule has 146 valence electrons. The fraction of sp³-hybridized carbons (Fsp3) is 0.667. The lowest BCUT2D eigenvalue weighted by Crippen LogP contribution is -2.40. The lowest BCUT2D eigenvalue weighted by molar-refractivity contribution is -0.132. The highest BCUT2D eigenvalue weighted by atomic mass is 16.2. The summed E-state index contributed by atoms with van der Waals surface area (Å²) in [6, 6.07) is 0. The summed E-state index contributed by atoms with van der Waals surface area (Å²) in [6.45, 7) is 9.63. The summed E-state index contributed by atoms with van der Waals surface area (Å²) in [6.07, 6.45) is 9.43. The molecule has 1 saturated heterocycles. The first-order valence-electron chi connectivity index (χ1n) is 10.3. The smallest absolute Gasteiger partial charge is 0.224 e. The fourth-order valence-corrected chi connectivity index (χ4v) is 4.19. The molecule has 6 heteroatoms. The van der Waals surface area contributed by atoms with Crippen molar-refractivity contribution < 1.29 is 4.79 Å². The molecule has 0 unspecified atom stereocenters. The predicted octanol–water partition coefficient (Wildman–Crippen LogP) is 3.21. The number of hydrogen-bond donors (Lipinski definition) is 0. The lowest BCUT2D eigenvalue weighted by Gasteiger charge is -2.33. The number of piperidine rings is 1. The molecule has 0 aromatic carbocycles. The summed E-state index contributed by atoms with van der Waals surface area (Å²) < 4.78 is 4.31. The van der Waals surface area contributed by atoms with Crippen LogP contribution in [0, 0.1) is 26.7 Å². The Labute approximate surface area is 161 Å². The molecule has 4 rings (SSSR count). The van der Waals surface area contributed by atoms with Crippen molar-refractivity contribution in [3.05, 3.63) is 35.2 Å². The minimum absolute atomic E-state index is 0.241. The zero-order valence-electron chi connectivity index (χ0n) is 16.8. The highest BCUT2D eigenvalue weighted by Crippen LogP contribution is 2.33. The summed E-state index contributed by atoms with van der Waals surface area (Å²) in [7, 11) is 0. The summed E-state index contributed by atoms with van der Waals surface area (Å²) in [5.74, 6) is 2.62. The maximum absolute atomic E-state index is 12.8. The number of imidazole rings is 1. The molecular formula is C21H31N5O. The van der Waals surface area contributed by atoms with Gasteiger partial charge in [0.15, 0.2) is 0 Å². The van der Waals surface area contributed by atoms with Crippen molar-refractivity contribution in [2.75, 3.05) is 13.1 Å². The minimum atomic E-state index is 0.241. The number of carbonyl (C=O) groups is 1. The van der Waals surface area contributed by atoms with Crippen LogP contribution in [0.2, 0.25) is 0 Å². The maximum Gasteiger partial charge on any atom is 0.224 e. The van der Waals surface area contributed by atoms with E-state index in [1.54, 1.807) is 0 Å². The number of carbonyl (C=O) groups excluding carboxylic acids is 1. The Bertz CT molecular complexity index is 817. The SMILES string of the molecule is Cc1nn(CCC(=O)N2CCC[C@H](c3nccn3CC3CC3)C2)c(C)c1C. The van der Waals surface area contributed by atoms with Gasteiger partial charge in [0, 0.05) is 56.6 Å². The largest absolute Gasteiger partial charge is 0.342 e. The molecule has 0 bridgehead atoms. The van der Waals surface area contributed by atoms with E-state index in [0.717, 1.165) is 44.1 Å². The molecule has 27 heavy (non-hydrogen) atoms. The van der Waals surface area contributed by atoms with E-state index < -0.39 is 0 Å². The van der Waals surface area contributed by atoms with Crippen molar-refractivity contribution in [3.63, 3.8) is 0 Å². The van der Waals surface area contributed by atoms with Gasteiger partial charge in [-0.3, -0.25) is 9.48 Å². The standard InChI is InChI=1S/C21H31N5O/c1-15-16(2)23-26(17(15)3)11-8-20(27)24-10-4-5-19(14-24)21-22-9-12-25(21)13-18-6-7-18/h9,12,18-19H,4-8,10-11,13-14H2,1-3H3/t19-/m0/s1. The Balaban J connectivity index is 1.37. The van der Waals surface area contributed by atoms with E-state index in [9.17, 15) is 4.79 Å². The van der Waals surface area contributed by atoms with Gasteiger partial charge in [0.05, 0.1) is 5.69 Å². The molecule has 2 aromatic heterocycles. The van der Waals surface area contributed by atoms with Crippen LogP contribution in [0.15, 0.2) is 12.4 Å². The van der Waals surface area contributed by atoms with Crippen LogP contribution < -0.4 is 0 Å². The molecule has 1 aliphatic heterocycles. The van der Waals surface area contributed by atoms with Crippen LogP contribution in [0.3, 0.4) is 0 Å². The normalized spacial score (nSPS) is 20.3. The van der Waals surface area contributed by atoms with Gasteiger partial charge in [0.1, 0.15) is 5.82 Å². The first-order valence-corrected chi connectivity index (χ1v) is 10.3. The number of aromatic nitrogens is 4. The van der Waals surface area contributed by atoms with Gasteiger partial charge in [-0.25, -0.2) is 4.98 Å². The van der Waals surface area contributed by atoms with Gasteiger partial charge in [0.25, 0.3) is 0 Å². The number of hydrogen-bond acceptors (Lipinski definition) is 3. The van der Waals surface area contributed by atoms with Gasteiger partial charge in [-0.2, -0.15) is 5.10 Å². The Kier molecular flexibility index (Phi) is 5.06. The van der Waals surface area contributed by atoms with E-state index >= 15 is 0 Å². The van der Waals surface area contributed by atoms with Gasteiger partial charge in [-0.05, 0) is 57.9 Å². The molecule has 1 atom stereocenters. The molecule has 1 saturated carbocycles. The Morgan fingerprint density at radius 3 is 2.74 bits per heavy atom. The highest BCUT2D eigenvalue weighted by Gasteiger charge is 2.29. The zero-order chi connectivity index (χ0) is 19.0. The summed E-state index contributed by atoms with van der Waals surface area (Å²) in [4.78, 5) is 19.5. The second-order valence-corrected chi connectivity index (χ2v) is 8.33. The molecule has 0 spiro atoms. The third kappa shape index (κ3) is 3.94. The molecule has 2 fully saturated rings. The van der Waals surface area contributed by atoms with Crippen LogP contribution >= 0.6 is 0 Å². The van der Waals surface area contributed by atoms with E-state index in [1.165, 1.54) is 29.9 Å². The first kappa shape index (κ1) is 18.3. The Morgan fingerprint density at radius 2 is 2.04 bits per heavy atom. The van der Waals surface area contributed by atoms with Crippen LogP contribution in [0.25, 0.3) is 0 Å². The van der Waals surface area contributed by atoms with E-state index in [2.05, 4.69) is 34.7 Å². The molecule has 1 amide bonds. The van der Waals surface area contributed by atoms with Crippen LogP contribution in [0.1, 0.15) is 60.8 Å². The monoisotopic (exact) mass is 369 g/mol. The predicted molar refractivity (Wildman–Crippen MR) is 105 cm³/mol. The molecule has 0 N–H and O–H groups in total. The lowest BCUT2D eigenvalue weighted by atomic mass is 9.96. The van der Waals surface area contributed by atoms with Gasteiger partial charge in [0.2, 0.25) is 5.91 Å². The maximum atomic E-state index is 12.8. The summed E-state index contributed by atoms with van der Waals surface area (Å²) in [5, 5.41) is 4.56. The molecule has 1 aliphatic carbocycles. The Morgan fingerprint density at radius 1 is 1.22 bits per heavy atom. The van der Waals surface area contributed by atoms with Crippen molar-refractivity contribution in [2.24, 2.45) is 5.92 Å². The van der Waals surface area contributed by atoms with Gasteiger partial charge < -0.3 is 9.47 Å². The van der Waals surface area contributed by atoms with Gasteiger partial charge in [-0.1, -0.05) is 0 Å². The quantitative estimate of drug-likeness (QED) is 0.786. The second kappa shape index (κ2) is 7.49. The Hall–Kier alpha value is -2.11. The van der Waals surface area contributed by atoms with Crippen molar-refractivity contribution in [3.8, 4) is 0 Å². The number of rotatable bonds is 6. The van der Waals surface area contributed by atoms with E-state index in [0.29, 0.717) is 18.9 Å². The number of aryl methyl sites for hydroxylation is 2. The third-order valence-corrected chi connectivity index (χ3v) is 6.32. The fourth-order valence-electron chi connectivity index (χ4n) is 4.19. The van der Waals surface area contributed by atoms with Crippen molar-refractivity contribution >= 4 is 5.91 Å². The third-order valence-electron chi connectivity index (χ3n) is 6.32. The minimum Gasteiger partial charge on any atom is -0.342 e. The summed E-state index contributed by atoms with van der Waals surface area (Å²) >= 11 is 0.